The third-order valence-electron chi connectivity index (χ3n) is 2.47. The molecule has 0 aliphatic carbocycles. The molecule has 86 valence electrons. The van der Waals surface area contributed by atoms with E-state index in [4.69, 9.17) is 5.11 Å². The van der Waals surface area contributed by atoms with E-state index in [0.717, 1.165) is 6.42 Å². The van der Waals surface area contributed by atoms with Crippen molar-refractivity contribution in [3.05, 3.63) is 0 Å². The molecule has 0 saturated heterocycles. The monoisotopic (exact) mass is 212 g/mol. The van der Waals surface area contributed by atoms with Crippen LogP contribution in [-0.4, -0.2) is 17.4 Å². The number of alkyl halides is 3. The predicted molar refractivity (Wildman–Crippen MR) is 49.9 cm³/mol. The lowest BCUT2D eigenvalue weighted by Crippen LogP contribution is -2.28. The van der Waals surface area contributed by atoms with Crippen LogP contribution >= 0.6 is 0 Å². The van der Waals surface area contributed by atoms with Crippen molar-refractivity contribution in [1.29, 1.82) is 0 Å². The third kappa shape index (κ3) is 5.47. The summed E-state index contributed by atoms with van der Waals surface area (Å²) in [7, 11) is 0. The molecule has 3 atom stereocenters. The van der Waals surface area contributed by atoms with Crippen molar-refractivity contribution in [2.75, 3.05) is 0 Å². The summed E-state index contributed by atoms with van der Waals surface area (Å²) in [6.45, 7) is 5.08. The van der Waals surface area contributed by atoms with Gasteiger partial charge >= 0.3 is 6.18 Å². The van der Waals surface area contributed by atoms with E-state index in [-0.39, 0.29) is 18.8 Å². The predicted octanol–water partition coefficient (Wildman–Crippen LogP) is 3.37. The fraction of sp³-hybridized carbons (Fsp3) is 1.00. The second-order valence-corrected chi connectivity index (χ2v) is 4.07. The average molecular weight is 212 g/mol. The molecule has 0 rings (SSSR count). The van der Waals surface area contributed by atoms with Crippen LogP contribution < -0.4 is 0 Å². The van der Waals surface area contributed by atoms with Gasteiger partial charge in [-0.3, -0.25) is 0 Å². The van der Waals surface area contributed by atoms with Gasteiger partial charge in [0, 0.05) is 0 Å². The molecule has 0 bridgehead atoms. The van der Waals surface area contributed by atoms with E-state index in [1.165, 1.54) is 6.92 Å². The van der Waals surface area contributed by atoms with Gasteiger partial charge in [-0.2, -0.15) is 13.2 Å². The molecule has 0 aromatic heterocycles. The molecule has 0 fully saturated rings. The lowest BCUT2D eigenvalue weighted by Gasteiger charge is -2.24. The van der Waals surface area contributed by atoms with Crippen LogP contribution in [0.4, 0.5) is 13.2 Å². The molecule has 4 heteroatoms. The lowest BCUT2D eigenvalue weighted by atomic mass is 9.89. The van der Waals surface area contributed by atoms with Crippen LogP contribution in [-0.2, 0) is 0 Å². The fourth-order valence-electron chi connectivity index (χ4n) is 1.43. The highest BCUT2D eigenvalue weighted by molar-refractivity contribution is 4.72. The van der Waals surface area contributed by atoms with E-state index in [9.17, 15) is 13.2 Å². The summed E-state index contributed by atoms with van der Waals surface area (Å²) in [5.41, 5.74) is 0. The summed E-state index contributed by atoms with van der Waals surface area (Å²) in [6.07, 6.45) is -4.39. The average Bonchev–Trinajstić information content (AvgIpc) is 2.00. The largest absolute Gasteiger partial charge is 0.393 e. The fourth-order valence-corrected chi connectivity index (χ4v) is 1.43. The van der Waals surface area contributed by atoms with Crippen molar-refractivity contribution in [2.45, 2.75) is 52.3 Å². The number of aliphatic hydroxyl groups excluding tert-OH is 1. The van der Waals surface area contributed by atoms with Crippen molar-refractivity contribution in [3.8, 4) is 0 Å². The number of hydrogen-bond donors (Lipinski definition) is 1. The van der Waals surface area contributed by atoms with Crippen molar-refractivity contribution in [1.82, 2.24) is 0 Å². The molecule has 0 aliphatic rings. The Morgan fingerprint density at radius 2 is 1.64 bits per heavy atom. The Balaban J connectivity index is 4.26. The van der Waals surface area contributed by atoms with Gasteiger partial charge in [0.1, 0.15) is 0 Å². The standard InChI is InChI=1S/C10H19F3O/c1-4-7(2)5-9(6-8(3)14)10(11,12)13/h7-9,14H,4-6H2,1-3H3. The smallest absolute Gasteiger partial charge is 0.391 e. The molecule has 1 nitrogen and oxygen atoms in total. The highest BCUT2D eigenvalue weighted by Gasteiger charge is 2.40. The second kappa shape index (κ2) is 5.59. The van der Waals surface area contributed by atoms with Crippen LogP contribution in [0, 0.1) is 11.8 Å². The number of hydrogen-bond acceptors (Lipinski definition) is 1. The van der Waals surface area contributed by atoms with Gasteiger partial charge in [-0.25, -0.2) is 0 Å². The van der Waals surface area contributed by atoms with E-state index in [1.54, 1.807) is 6.92 Å². The highest BCUT2D eigenvalue weighted by Crippen LogP contribution is 2.35. The molecule has 0 saturated carbocycles. The first kappa shape index (κ1) is 13.8. The highest BCUT2D eigenvalue weighted by atomic mass is 19.4. The van der Waals surface area contributed by atoms with E-state index < -0.39 is 18.2 Å². The molecule has 0 aromatic carbocycles. The maximum atomic E-state index is 12.5. The Morgan fingerprint density at radius 1 is 1.14 bits per heavy atom. The Labute approximate surface area is 83.3 Å². The van der Waals surface area contributed by atoms with Gasteiger partial charge in [0.2, 0.25) is 0 Å². The summed E-state index contributed by atoms with van der Waals surface area (Å²) in [5.74, 6) is -1.31. The molecule has 0 spiro atoms. The first-order chi connectivity index (χ1) is 6.27. The maximum Gasteiger partial charge on any atom is 0.391 e. The van der Waals surface area contributed by atoms with E-state index in [1.807, 2.05) is 6.92 Å². The topological polar surface area (TPSA) is 20.2 Å². The van der Waals surface area contributed by atoms with Crippen molar-refractivity contribution >= 4 is 0 Å². The van der Waals surface area contributed by atoms with Crippen molar-refractivity contribution < 1.29 is 18.3 Å². The maximum absolute atomic E-state index is 12.5. The van der Waals surface area contributed by atoms with E-state index >= 15 is 0 Å². The third-order valence-corrected chi connectivity index (χ3v) is 2.47. The molecule has 0 aliphatic heterocycles. The molecule has 3 unspecified atom stereocenters. The molecule has 0 amide bonds. The summed E-state index contributed by atoms with van der Waals surface area (Å²) >= 11 is 0. The summed E-state index contributed by atoms with van der Waals surface area (Å²) in [6, 6.07) is 0. The molecule has 0 radical (unpaired) electrons. The lowest BCUT2D eigenvalue weighted by molar-refractivity contribution is -0.185. The minimum Gasteiger partial charge on any atom is -0.393 e. The van der Waals surface area contributed by atoms with Crippen LogP contribution in [0.1, 0.15) is 40.0 Å². The number of rotatable bonds is 5. The summed E-state index contributed by atoms with van der Waals surface area (Å²) in [5, 5.41) is 8.97. The molecular formula is C10H19F3O. The Kier molecular flexibility index (Phi) is 5.49. The van der Waals surface area contributed by atoms with Crippen LogP contribution in [0.15, 0.2) is 0 Å². The Hall–Kier alpha value is -0.250. The van der Waals surface area contributed by atoms with Gasteiger partial charge < -0.3 is 5.11 Å². The number of halogens is 3. The van der Waals surface area contributed by atoms with Gasteiger partial charge in [0.05, 0.1) is 12.0 Å². The summed E-state index contributed by atoms with van der Waals surface area (Å²) in [4.78, 5) is 0. The van der Waals surface area contributed by atoms with Crippen LogP contribution in [0.5, 0.6) is 0 Å². The minimum atomic E-state index is -4.18. The molecule has 14 heavy (non-hydrogen) atoms. The van der Waals surface area contributed by atoms with Crippen LogP contribution in [0.3, 0.4) is 0 Å². The van der Waals surface area contributed by atoms with Crippen LogP contribution in [0.2, 0.25) is 0 Å². The van der Waals surface area contributed by atoms with Gasteiger partial charge in [-0.1, -0.05) is 20.3 Å². The van der Waals surface area contributed by atoms with Crippen LogP contribution in [0.25, 0.3) is 0 Å². The molecule has 0 aromatic rings. The molecule has 0 heterocycles. The Bertz CT molecular complexity index is 154. The minimum absolute atomic E-state index is 0.0559. The SMILES string of the molecule is CCC(C)CC(CC(C)O)C(F)(F)F. The zero-order valence-electron chi connectivity index (χ0n) is 8.93. The van der Waals surface area contributed by atoms with Gasteiger partial charge in [-0.15, -0.1) is 0 Å². The first-order valence-corrected chi connectivity index (χ1v) is 5.02. The van der Waals surface area contributed by atoms with Crippen molar-refractivity contribution in [3.63, 3.8) is 0 Å². The van der Waals surface area contributed by atoms with Gasteiger partial charge in [0.15, 0.2) is 0 Å². The van der Waals surface area contributed by atoms with Crippen molar-refractivity contribution in [2.24, 2.45) is 11.8 Å². The molecular weight excluding hydrogens is 193 g/mol. The van der Waals surface area contributed by atoms with E-state index in [0.29, 0.717) is 0 Å². The zero-order chi connectivity index (χ0) is 11.4. The van der Waals surface area contributed by atoms with Gasteiger partial charge in [0.25, 0.3) is 0 Å². The molecule has 1 N–H and O–H groups in total. The zero-order valence-corrected chi connectivity index (χ0v) is 8.93. The normalized spacial score (nSPS) is 19.1. The number of aliphatic hydroxyl groups is 1. The van der Waals surface area contributed by atoms with Gasteiger partial charge in [-0.05, 0) is 25.7 Å². The second-order valence-electron chi connectivity index (χ2n) is 4.07. The Morgan fingerprint density at radius 3 is 1.93 bits per heavy atom. The first-order valence-electron chi connectivity index (χ1n) is 5.02. The summed E-state index contributed by atoms with van der Waals surface area (Å²) < 4.78 is 37.4. The van der Waals surface area contributed by atoms with E-state index in [2.05, 4.69) is 0 Å². The quantitative estimate of drug-likeness (QED) is 0.740.